The van der Waals surface area contributed by atoms with Crippen LogP contribution in [0, 0.1) is 6.92 Å². The van der Waals surface area contributed by atoms with E-state index in [9.17, 15) is 8.42 Å². The summed E-state index contributed by atoms with van der Waals surface area (Å²) < 4.78 is 28.6. The number of fused-ring (bicyclic) bond motifs is 1. The molecule has 0 fully saturated rings. The Labute approximate surface area is 154 Å². The first-order chi connectivity index (χ1) is 12.4. The maximum absolute atomic E-state index is 12.9. The van der Waals surface area contributed by atoms with Crippen molar-refractivity contribution < 1.29 is 8.42 Å². The van der Waals surface area contributed by atoms with Crippen LogP contribution in [0.3, 0.4) is 0 Å². The molecule has 2 aromatic carbocycles. The molecule has 1 atom stereocenters. The summed E-state index contributed by atoms with van der Waals surface area (Å²) in [6.07, 6.45) is 1.69. The number of likely N-dealkylation sites (N-methyl/N-ethyl adjacent to an activating group) is 1. The molecule has 3 rings (SSSR count). The second-order valence-corrected chi connectivity index (χ2v) is 8.26. The van der Waals surface area contributed by atoms with Gasteiger partial charge in [0.25, 0.3) is 0 Å². The number of aryl methyl sites for hydroxylation is 1. The van der Waals surface area contributed by atoms with Gasteiger partial charge in [-0.2, -0.15) is 0 Å². The normalized spacial score (nSPS) is 12.9. The van der Waals surface area contributed by atoms with Gasteiger partial charge in [-0.15, -0.1) is 0 Å². The molecule has 5 nitrogen and oxygen atoms in total. The summed E-state index contributed by atoms with van der Waals surface area (Å²) in [5.74, 6) is 0. The van der Waals surface area contributed by atoms with Crippen LogP contribution >= 0.6 is 0 Å². The quantitative estimate of drug-likeness (QED) is 0.724. The van der Waals surface area contributed by atoms with Crippen molar-refractivity contribution >= 4 is 26.6 Å². The second kappa shape index (κ2) is 7.43. The van der Waals surface area contributed by atoms with Gasteiger partial charge in [0.2, 0.25) is 10.0 Å². The van der Waals surface area contributed by atoms with Crippen molar-refractivity contribution in [2.24, 2.45) is 0 Å². The molecule has 1 unspecified atom stereocenters. The Bertz CT molecular complexity index is 1000. The van der Waals surface area contributed by atoms with Crippen molar-refractivity contribution in [2.45, 2.75) is 24.8 Å². The smallest absolute Gasteiger partial charge is 0.243 e. The Balaban J connectivity index is 1.81. The molecule has 0 aliphatic heterocycles. The fraction of sp³-hybridized carbons (Fsp3) is 0.250. The van der Waals surface area contributed by atoms with Gasteiger partial charge in [-0.25, -0.2) is 13.1 Å². The zero-order valence-corrected chi connectivity index (χ0v) is 16.0. The maximum Gasteiger partial charge on any atom is 0.243 e. The van der Waals surface area contributed by atoms with E-state index in [0.717, 1.165) is 16.6 Å². The van der Waals surface area contributed by atoms with Crippen LogP contribution in [0.2, 0.25) is 0 Å². The third kappa shape index (κ3) is 4.03. The minimum Gasteiger partial charge on any atom is -0.373 e. The molecule has 0 saturated heterocycles. The summed E-state index contributed by atoms with van der Waals surface area (Å²) in [4.78, 5) is 6.57. The molecule has 0 aliphatic rings. The molecule has 1 N–H and O–H groups in total. The zero-order valence-electron chi connectivity index (χ0n) is 15.2. The lowest BCUT2D eigenvalue weighted by molar-refractivity contribution is 0.560. The zero-order chi connectivity index (χ0) is 18.7. The highest BCUT2D eigenvalue weighted by molar-refractivity contribution is 7.89. The number of hydrogen-bond donors (Lipinski definition) is 1. The summed E-state index contributed by atoms with van der Waals surface area (Å²) in [7, 11) is -1.72. The SMILES string of the molecule is Cc1cnc2c(S(=O)(=O)NC(C)CN(C)c3ccccc3)cccc2c1. The van der Waals surface area contributed by atoms with Crippen LogP contribution < -0.4 is 9.62 Å². The lowest BCUT2D eigenvalue weighted by Gasteiger charge is -2.24. The average Bonchev–Trinajstić information content (AvgIpc) is 2.61. The number of pyridine rings is 1. The summed E-state index contributed by atoms with van der Waals surface area (Å²) in [5.41, 5.74) is 2.54. The molecule has 1 heterocycles. The number of para-hydroxylation sites is 2. The standard InChI is InChI=1S/C20H23N3O2S/c1-15-12-17-8-7-11-19(20(17)21-13-15)26(24,25)22-16(2)14-23(3)18-9-5-4-6-10-18/h4-13,16,22H,14H2,1-3H3. The molecular weight excluding hydrogens is 346 g/mol. The lowest BCUT2D eigenvalue weighted by Crippen LogP contribution is -2.40. The van der Waals surface area contributed by atoms with Crippen molar-refractivity contribution in [3.63, 3.8) is 0 Å². The molecule has 6 heteroatoms. The van der Waals surface area contributed by atoms with Gasteiger partial charge in [-0.1, -0.05) is 30.3 Å². The lowest BCUT2D eigenvalue weighted by atomic mass is 10.2. The molecule has 0 aliphatic carbocycles. The Kier molecular flexibility index (Phi) is 5.25. The highest BCUT2D eigenvalue weighted by atomic mass is 32.2. The fourth-order valence-electron chi connectivity index (χ4n) is 3.02. The van der Waals surface area contributed by atoms with Crippen LogP contribution in [0.4, 0.5) is 5.69 Å². The van der Waals surface area contributed by atoms with Crippen molar-refractivity contribution in [3.8, 4) is 0 Å². The topological polar surface area (TPSA) is 62.3 Å². The molecular formula is C20H23N3O2S. The average molecular weight is 369 g/mol. The van der Waals surface area contributed by atoms with Gasteiger partial charge in [0.05, 0.1) is 5.52 Å². The molecule has 0 radical (unpaired) electrons. The minimum absolute atomic E-state index is 0.212. The summed E-state index contributed by atoms with van der Waals surface area (Å²) in [6, 6.07) is 16.8. The molecule has 0 spiro atoms. The van der Waals surface area contributed by atoms with E-state index in [1.54, 1.807) is 18.3 Å². The molecule has 26 heavy (non-hydrogen) atoms. The van der Waals surface area contributed by atoms with E-state index in [4.69, 9.17) is 0 Å². The number of sulfonamides is 1. The van der Waals surface area contributed by atoms with E-state index in [2.05, 4.69) is 9.71 Å². The van der Waals surface area contributed by atoms with Gasteiger partial charge in [0, 0.05) is 36.9 Å². The van der Waals surface area contributed by atoms with Gasteiger partial charge in [0.15, 0.2) is 0 Å². The highest BCUT2D eigenvalue weighted by Gasteiger charge is 2.21. The van der Waals surface area contributed by atoms with Crippen molar-refractivity contribution in [1.82, 2.24) is 9.71 Å². The van der Waals surface area contributed by atoms with Crippen LogP contribution in [-0.2, 0) is 10.0 Å². The van der Waals surface area contributed by atoms with E-state index < -0.39 is 10.0 Å². The highest BCUT2D eigenvalue weighted by Crippen LogP contribution is 2.22. The number of rotatable bonds is 6. The van der Waals surface area contributed by atoms with Crippen LogP contribution in [-0.4, -0.2) is 33.0 Å². The monoisotopic (exact) mass is 369 g/mol. The third-order valence-electron chi connectivity index (χ3n) is 4.20. The molecule has 0 saturated carbocycles. The number of nitrogens with one attached hydrogen (secondary N) is 1. The Morgan fingerprint density at radius 1 is 1.12 bits per heavy atom. The van der Waals surface area contributed by atoms with Crippen LogP contribution in [0.5, 0.6) is 0 Å². The van der Waals surface area contributed by atoms with Crippen molar-refractivity contribution in [1.29, 1.82) is 0 Å². The Morgan fingerprint density at radius 3 is 2.58 bits per heavy atom. The molecule has 136 valence electrons. The Hall–Kier alpha value is -2.44. The van der Waals surface area contributed by atoms with E-state index in [1.165, 1.54) is 0 Å². The molecule has 1 aromatic heterocycles. The first kappa shape index (κ1) is 18.4. The van der Waals surface area contributed by atoms with E-state index >= 15 is 0 Å². The van der Waals surface area contributed by atoms with Crippen molar-refractivity contribution in [2.75, 3.05) is 18.5 Å². The predicted octanol–water partition coefficient (Wildman–Crippen LogP) is 3.35. The molecule has 3 aromatic rings. The summed E-state index contributed by atoms with van der Waals surface area (Å²) in [5, 5.41) is 0.821. The first-order valence-corrected chi connectivity index (χ1v) is 9.99. The minimum atomic E-state index is -3.67. The number of anilines is 1. The van der Waals surface area contributed by atoms with Gasteiger partial charge in [-0.3, -0.25) is 4.98 Å². The molecule has 0 amide bonds. The summed E-state index contributed by atoms with van der Waals surface area (Å²) >= 11 is 0. The van der Waals surface area contributed by atoms with E-state index in [0.29, 0.717) is 12.1 Å². The van der Waals surface area contributed by atoms with Gasteiger partial charge in [0.1, 0.15) is 4.90 Å². The third-order valence-corrected chi connectivity index (χ3v) is 5.82. The van der Waals surface area contributed by atoms with E-state index in [-0.39, 0.29) is 10.9 Å². The van der Waals surface area contributed by atoms with Crippen LogP contribution in [0.15, 0.2) is 65.7 Å². The van der Waals surface area contributed by atoms with Crippen molar-refractivity contribution in [3.05, 3.63) is 66.4 Å². The number of nitrogens with zero attached hydrogens (tertiary/aromatic N) is 2. The summed E-state index contributed by atoms with van der Waals surface area (Å²) in [6.45, 7) is 4.35. The number of aromatic nitrogens is 1. The molecule has 0 bridgehead atoms. The predicted molar refractivity (Wildman–Crippen MR) is 106 cm³/mol. The van der Waals surface area contributed by atoms with Crippen LogP contribution in [0.1, 0.15) is 12.5 Å². The number of benzene rings is 2. The van der Waals surface area contributed by atoms with Gasteiger partial charge < -0.3 is 4.90 Å². The number of hydrogen-bond acceptors (Lipinski definition) is 4. The largest absolute Gasteiger partial charge is 0.373 e. The Morgan fingerprint density at radius 2 is 1.85 bits per heavy atom. The maximum atomic E-state index is 12.9. The van der Waals surface area contributed by atoms with Gasteiger partial charge >= 0.3 is 0 Å². The fourth-order valence-corrected chi connectivity index (χ4v) is 4.44. The second-order valence-electron chi connectivity index (χ2n) is 6.58. The first-order valence-electron chi connectivity index (χ1n) is 8.51. The van der Waals surface area contributed by atoms with Gasteiger partial charge in [-0.05, 0) is 43.7 Å². The van der Waals surface area contributed by atoms with E-state index in [1.807, 2.05) is 68.3 Å². The van der Waals surface area contributed by atoms with Crippen LogP contribution in [0.25, 0.3) is 10.9 Å².